The highest BCUT2D eigenvalue weighted by atomic mass is 16.4. The maximum absolute atomic E-state index is 10.3. The summed E-state index contributed by atoms with van der Waals surface area (Å²) < 4.78 is 0. The number of carboxylic acid groups (broad SMARTS) is 1. The molecule has 0 amide bonds. The van der Waals surface area contributed by atoms with Crippen molar-refractivity contribution in [2.75, 3.05) is 0 Å². The Morgan fingerprint density at radius 1 is 1.05 bits per heavy atom. The number of allylic oxidation sites excluding steroid dienone is 4. The fraction of sp³-hybridized carbons (Fsp3) is 0.500. The summed E-state index contributed by atoms with van der Waals surface area (Å²) in [5, 5.41) is 8.49. The Morgan fingerprint density at radius 3 is 2.55 bits per heavy atom. The molecule has 0 aromatic carbocycles. The summed E-state index contributed by atoms with van der Waals surface area (Å²) in [7, 11) is 0. The first-order valence-corrected chi connectivity index (χ1v) is 7.23. The van der Waals surface area contributed by atoms with E-state index < -0.39 is 5.97 Å². The van der Waals surface area contributed by atoms with Crippen LogP contribution >= 0.6 is 0 Å². The summed E-state index contributed by atoms with van der Waals surface area (Å²) in [6, 6.07) is 0. The molecule has 0 aliphatic heterocycles. The smallest absolute Gasteiger partial charge is 0.303 e. The monoisotopic (exact) mass is 272 g/mol. The van der Waals surface area contributed by atoms with Crippen molar-refractivity contribution in [3.63, 3.8) is 0 Å². The number of unbranched alkanes of at least 4 members (excludes halogenated alkanes) is 5. The summed E-state index contributed by atoms with van der Waals surface area (Å²) >= 11 is 0. The van der Waals surface area contributed by atoms with Crippen LogP contribution in [0.5, 0.6) is 0 Å². The molecule has 0 aliphatic carbocycles. The average Bonchev–Trinajstić information content (AvgIpc) is 2.43. The quantitative estimate of drug-likeness (QED) is 0.385. The lowest BCUT2D eigenvalue weighted by Crippen LogP contribution is -1.93. The number of hydrogen-bond donors (Lipinski definition) is 1. The van der Waals surface area contributed by atoms with E-state index in [-0.39, 0.29) is 0 Å². The Morgan fingerprint density at radius 2 is 1.80 bits per heavy atom. The van der Waals surface area contributed by atoms with Gasteiger partial charge in [-0.2, -0.15) is 0 Å². The van der Waals surface area contributed by atoms with Crippen molar-refractivity contribution in [1.82, 2.24) is 0 Å². The summed E-state index contributed by atoms with van der Waals surface area (Å²) in [4.78, 5) is 10.3. The van der Waals surface area contributed by atoms with E-state index in [9.17, 15) is 4.79 Å². The van der Waals surface area contributed by atoms with E-state index in [1.807, 2.05) is 13.0 Å². The van der Waals surface area contributed by atoms with Gasteiger partial charge in [0.1, 0.15) is 0 Å². The fourth-order valence-corrected chi connectivity index (χ4v) is 1.59. The Balaban J connectivity index is 3.36. The average molecular weight is 272 g/mol. The molecule has 0 aliphatic rings. The molecular formula is C18H24O2. The van der Waals surface area contributed by atoms with Gasteiger partial charge in [-0.05, 0) is 44.1 Å². The van der Waals surface area contributed by atoms with Crippen LogP contribution in [0.15, 0.2) is 24.3 Å². The minimum atomic E-state index is -0.690. The minimum absolute atomic E-state index is 0.301. The molecule has 0 saturated carbocycles. The van der Waals surface area contributed by atoms with Gasteiger partial charge >= 0.3 is 5.97 Å². The van der Waals surface area contributed by atoms with E-state index in [0.29, 0.717) is 6.42 Å². The first-order chi connectivity index (χ1) is 9.77. The summed E-state index contributed by atoms with van der Waals surface area (Å²) in [6.07, 6.45) is 15.3. The Hall–Kier alpha value is -1.93. The lowest BCUT2D eigenvalue weighted by molar-refractivity contribution is -0.137. The molecule has 108 valence electrons. The Labute approximate surface area is 123 Å². The second-order valence-corrected chi connectivity index (χ2v) is 4.45. The van der Waals surface area contributed by atoms with Crippen LogP contribution in [0.25, 0.3) is 0 Å². The van der Waals surface area contributed by atoms with E-state index in [0.717, 1.165) is 38.5 Å². The van der Waals surface area contributed by atoms with Crippen molar-refractivity contribution in [2.24, 2.45) is 0 Å². The van der Waals surface area contributed by atoms with Gasteiger partial charge in [-0.15, -0.1) is 0 Å². The zero-order valence-corrected chi connectivity index (χ0v) is 12.3. The van der Waals surface area contributed by atoms with Crippen molar-refractivity contribution in [2.45, 2.75) is 58.3 Å². The van der Waals surface area contributed by atoms with Gasteiger partial charge in [-0.3, -0.25) is 4.79 Å². The van der Waals surface area contributed by atoms with Gasteiger partial charge in [-0.25, -0.2) is 0 Å². The second-order valence-electron chi connectivity index (χ2n) is 4.45. The standard InChI is InChI=1S/C18H24O2/c1-2-3-4-5-6-7-8-9-10-11-12-13-14-15-16-17-18(19)20/h2-3,9-10H,8,11-17H2,1H3,(H,19,20)/b3-2-,10-9-. The summed E-state index contributed by atoms with van der Waals surface area (Å²) in [5.41, 5.74) is 0. The molecule has 0 heterocycles. The van der Waals surface area contributed by atoms with Gasteiger partial charge in [0.25, 0.3) is 0 Å². The van der Waals surface area contributed by atoms with Crippen LogP contribution in [0.2, 0.25) is 0 Å². The number of carbonyl (C=O) groups is 1. The molecule has 2 nitrogen and oxygen atoms in total. The molecule has 2 heteroatoms. The topological polar surface area (TPSA) is 37.3 Å². The van der Waals surface area contributed by atoms with E-state index in [1.54, 1.807) is 6.08 Å². The predicted octanol–water partition coefficient (Wildman–Crippen LogP) is 4.33. The second kappa shape index (κ2) is 15.1. The molecule has 0 fully saturated rings. The van der Waals surface area contributed by atoms with Crippen molar-refractivity contribution >= 4 is 5.97 Å². The molecule has 0 spiro atoms. The van der Waals surface area contributed by atoms with Crippen molar-refractivity contribution in [3.8, 4) is 23.7 Å². The molecule has 0 saturated heterocycles. The van der Waals surface area contributed by atoms with Crippen LogP contribution in [0.3, 0.4) is 0 Å². The molecule has 0 aromatic heterocycles. The van der Waals surface area contributed by atoms with Gasteiger partial charge in [0.05, 0.1) is 0 Å². The van der Waals surface area contributed by atoms with E-state index in [1.165, 1.54) is 6.42 Å². The zero-order valence-electron chi connectivity index (χ0n) is 12.3. The Kier molecular flexibility index (Phi) is 13.7. The third-order valence-corrected chi connectivity index (χ3v) is 2.62. The lowest BCUT2D eigenvalue weighted by atomic mass is 10.1. The molecule has 0 unspecified atom stereocenters. The van der Waals surface area contributed by atoms with E-state index in [4.69, 9.17) is 5.11 Å². The zero-order chi connectivity index (χ0) is 14.9. The van der Waals surface area contributed by atoms with E-state index in [2.05, 4.69) is 35.8 Å². The third-order valence-electron chi connectivity index (χ3n) is 2.62. The van der Waals surface area contributed by atoms with Gasteiger partial charge < -0.3 is 5.11 Å². The number of hydrogen-bond acceptors (Lipinski definition) is 1. The van der Waals surface area contributed by atoms with Gasteiger partial charge in [-0.1, -0.05) is 49.3 Å². The molecule has 0 atom stereocenters. The largest absolute Gasteiger partial charge is 0.481 e. The highest BCUT2D eigenvalue weighted by Gasteiger charge is 1.95. The lowest BCUT2D eigenvalue weighted by Gasteiger charge is -1.97. The van der Waals surface area contributed by atoms with Crippen molar-refractivity contribution in [1.29, 1.82) is 0 Å². The van der Waals surface area contributed by atoms with Crippen molar-refractivity contribution in [3.05, 3.63) is 24.3 Å². The van der Waals surface area contributed by atoms with E-state index >= 15 is 0 Å². The summed E-state index contributed by atoms with van der Waals surface area (Å²) in [5.74, 6) is 10.6. The molecule has 0 aromatic rings. The number of carboxylic acids is 1. The summed E-state index contributed by atoms with van der Waals surface area (Å²) in [6.45, 7) is 1.93. The molecule has 1 N–H and O–H groups in total. The third kappa shape index (κ3) is 16.1. The predicted molar refractivity (Wildman–Crippen MR) is 84.1 cm³/mol. The van der Waals surface area contributed by atoms with Gasteiger partial charge in [0.2, 0.25) is 0 Å². The number of rotatable bonds is 9. The maximum atomic E-state index is 10.3. The highest BCUT2D eigenvalue weighted by Crippen LogP contribution is 2.07. The number of aliphatic carboxylic acids is 1. The van der Waals surface area contributed by atoms with Crippen molar-refractivity contribution < 1.29 is 9.90 Å². The van der Waals surface area contributed by atoms with Gasteiger partial charge in [0.15, 0.2) is 0 Å². The molecule has 0 rings (SSSR count). The molecular weight excluding hydrogens is 248 g/mol. The van der Waals surface area contributed by atoms with Crippen LogP contribution in [0.4, 0.5) is 0 Å². The SMILES string of the molecule is C/C=C\C#CC#CC/C=C\CCCCCCCC(=O)O. The molecule has 20 heavy (non-hydrogen) atoms. The Bertz CT molecular complexity index is 422. The van der Waals surface area contributed by atoms with Crippen LogP contribution < -0.4 is 0 Å². The first-order valence-electron chi connectivity index (χ1n) is 7.23. The molecule has 0 bridgehead atoms. The fourth-order valence-electron chi connectivity index (χ4n) is 1.59. The molecule has 0 radical (unpaired) electrons. The first kappa shape index (κ1) is 18.1. The van der Waals surface area contributed by atoms with Crippen LogP contribution in [0.1, 0.15) is 58.3 Å². The minimum Gasteiger partial charge on any atom is -0.481 e. The normalized spacial score (nSPS) is 10.1. The van der Waals surface area contributed by atoms with Crippen LogP contribution in [0, 0.1) is 23.7 Å². The van der Waals surface area contributed by atoms with Gasteiger partial charge in [0, 0.05) is 12.8 Å². The van der Waals surface area contributed by atoms with Crippen LogP contribution in [-0.2, 0) is 4.79 Å². The highest BCUT2D eigenvalue weighted by molar-refractivity contribution is 5.66. The van der Waals surface area contributed by atoms with Crippen LogP contribution in [-0.4, -0.2) is 11.1 Å². The maximum Gasteiger partial charge on any atom is 0.303 e.